The van der Waals surface area contributed by atoms with Crippen molar-refractivity contribution in [1.29, 1.82) is 0 Å². The van der Waals surface area contributed by atoms with Gasteiger partial charge in [0.25, 0.3) is 0 Å². The van der Waals surface area contributed by atoms with E-state index in [9.17, 15) is 4.79 Å². The minimum Gasteiger partial charge on any atom is -0.333 e. The fourth-order valence-corrected chi connectivity index (χ4v) is 4.11. The van der Waals surface area contributed by atoms with Crippen molar-refractivity contribution in [2.75, 3.05) is 19.6 Å². The molecule has 0 aliphatic carbocycles. The highest BCUT2D eigenvalue weighted by atomic mass is 35.5. The van der Waals surface area contributed by atoms with E-state index in [-0.39, 0.29) is 42.2 Å². The van der Waals surface area contributed by atoms with E-state index in [2.05, 4.69) is 31.1 Å². The van der Waals surface area contributed by atoms with Crippen molar-refractivity contribution in [3.05, 3.63) is 50.9 Å². The molecule has 150 valence electrons. The second-order valence-corrected chi connectivity index (χ2v) is 8.73. The molecule has 1 saturated heterocycles. The van der Waals surface area contributed by atoms with Crippen LogP contribution >= 0.6 is 47.8 Å². The summed E-state index contributed by atoms with van der Waals surface area (Å²) in [6.45, 7) is 8.69. The quantitative estimate of drug-likeness (QED) is 0.740. The molecule has 1 amide bonds. The number of benzene rings is 1. The second kappa shape index (κ2) is 10.1. The highest BCUT2D eigenvalue weighted by Gasteiger charge is 2.28. The van der Waals surface area contributed by atoms with Crippen LogP contribution in [0.2, 0.25) is 5.02 Å². The van der Waals surface area contributed by atoms with E-state index >= 15 is 0 Å². The van der Waals surface area contributed by atoms with Crippen molar-refractivity contribution in [2.24, 2.45) is 0 Å². The minimum atomic E-state index is 0. The molecule has 2 heterocycles. The number of nitrogens with one attached hydrogen (secondary N) is 1. The maximum Gasteiger partial charge on any atom is 0.229 e. The monoisotopic (exact) mass is 449 g/mol. The number of amides is 1. The van der Waals surface area contributed by atoms with Crippen molar-refractivity contribution in [1.82, 2.24) is 15.2 Å². The van der Waals surface area contributed by atoms with Crippen LogP contribution in [0.25, 0.3) is 0 Å². The molecule has 4 nitrogen and oxygen atoms in total. The highest BCUT2D eigenvalue weighted by molar-refractivity contribution is 7.09. The summed E-state index contributed by atoms with van der Waals surface area (Å²) in [6, 6.07) is 7.78. The molecule has 1 unspecified atom stereocenters. The van der Waals surface area contributed by atoms with E-state index in [0.717, 1.165) is 29.4 Å². The number of nitrogens with zero attached hydrogens (tertiary/aromatic N) is 2. The summed E-state index contributed by atoms with van der Waals surface area (Å²) >= 11 is 7.77. The summed E-state index contributed by atoms with van der Waals surface area (Å²) in [5.74, 6) is 0.122. The molecule has 0 bridgehead atoms. The molecule has 1 aromatic heterocycles. The van der Waals surface area contributed by atoms with Crippen LogP contribution in [0, 0.1) is 0 Å². The molecule has 1 aromatic carbocycles. The fourth-order valence-electron chi connectivity index (χ4n) is 3.00. The van der Waals surface area contributed by atoms with Crippen molar-refractivity contribution >= 4 is 53.7 Å². The van der Waals surface area contributed by atoms with Gasteiger partial charge in [0.2, 0.25) is 5.91 Å². The zero-order chi connectivity index (χ0) is 18.0. The van der Waals surface area contributed by atoms with Crippen molar-refractivity contribution in [2.45, 2.75) is 38.6 Å². The van der Waals surface area contributed by atoms with Gasteiger partial charge in [-0.05, 0) is 17.7 Å². The number of hydrogen-bond donors (Lipinski definition) is 1. The third-order valence-electron chi connectivity index (χ3n) is 4.32. The van der Waals surface area contributed by atoms with Crippen LogP contribution in [0.5, 0.6) is 0 Å². The molecule has 1 fully saturated rings. The first-order chi connectivity index (χ1) is 11.8. The number of halogens is 3. The van der Waals surface area contributed by atoms with Crippen LogP contribution in [0.1, 0.15) is 43.1 Å². The summed E-state index contributed by atoms with van der Waals surface area (Å²) in [5, 5.41) is 7.15. The molecular weight excluding hydrogens is 425 g/mol. The molecule has 1 atom stereocenters. The summed E-state index contributed by atoms with van der Waals surface area (Å²) in [5.41, 5.74) is 1.95. The van der Waals surface area contributed by atoms with Crippen LogP contribution in [0.4, 0.5) is 0 Å². The van der Waals surface area contributed by atoms with Gasteiger partial charge in [0, 0.05) is 35.5 Å². The van der Waals surface area contributed by atoms with Crippen LogP contribution in [-0.2, 0) is 16.6 Å². The molecule has 8 heteroatoms. The third-order valence-corrected chi connectivity index (χ3v) is 5.87. The number of carbonyl (C=O) groups is 1. The number of hydrogen-bond acceptors (Lipinski definition) is 4. The summed E-state index contributed by atoms with van der Waals surface area (Å²) in [6.07, 6.45) is 0.351. The van der Waals surface area contributed by atoms with Gasteiger partial charge in [-0.15, -0.1) is 36.2 Å². The maximum absolute atomic E-state index is 12.9. The third kappa shape index (κ3) is 6.06. The Bertz CT molecular complexity index is 761. The Hall–Kier alpha value is -0.850. The average Bonchev–Trinajstić information content (AvgIpc) is 3.03. The van der Waals surface area contributed by atoms with Crippen molar-refractivity contribution in [3.63, 3.8) is 0 Å². The Kier molecular flexibility index (Phi) is 9.03. The van der Waals surface area contributed by atoms with E-state index in [4.69, 9.17) is 11.6 Å². The van der Waals surface area contributed by atoms with Crippen molar-refractivity contribution < 1.29 is 4.79 Å². The number of carbonyl (C=O) groups excluding carboxylic acids is 1. The number of piperazine rings is 1. The van der Waals surface area contributed by atoms with Gasteiger partial charge < -0.3 is 10.2 Å². The summed E-state index contributed by atoms with van der Waals surface area (Å²) < 4.78 is 0. The second-order valence-electron chi connectivity index (χ2n) is 7.43. The molecule has 0 radical (unpaired) electrons. The molecule has 1 N–H and O–H groups in total. The zero-order valence-corrected chi connectivity index (χ0v) is 18.9. The van der Waals surface area contributed by atoms with Gasteiger partial charge in [-0.3, -0.25) is 4.79 Å². The van der Waals surface area contributed by atoms with E-state index in [1.165, 1.54) is 0 Å². The lowest BCUT2D eigenvalue weighted by molar-refractivity contribution is -0.133. The zero-order valence-electron chi connectivity index (χ0n) is 15.7. The molecule has 2 aromatic rings. The van der Waals surface area contributed by atoms with Crippen molar-refractivity contribution in [3.8, 4) is 0 Å². The normalized spacial score (nSPS) is 17.0. The Morgan fingerprint density at radius 3 is 2.74 bits per heavy atom. The largest absolute Gasteiger partial charge is 0.333 e. The van der Waals surface area contributed by atoms with Gasteiger partial charge in [-0.2, -0.15) is 0 Å². The molecule has 3 rings (SSSR count). The van der Waals surface area contributed by atoms with Crippen LogP contribution in [-0.4, -0.2) is 35.4 Å². The molecule has 1 aliphatic rings. The lowest BCUT2D eigenvalue weighted by Crippen LogP contribution is -2.49. The summed E-state index contributed by atoms with van der Waals surface area (Å²) in [4.78, 5) is 19.5. The Balaban J connectivity index is 0.00000182. The number of aromatic nitrogens is 1. The first kappa shape index (κ1) is 24.2. The summed E-state index contributed by atoms with van der Waals surface area (Å²) in [7, 11) is 0. The molecule has 0 saturated carbocycles. The first-order valence-electron chi connectivity index (χ1n) is 8.55. The predicted molar refractivity (Wildman–Crippen MR) is 118 cm³/mol. The molecule has 0 spiro atoms. The topological polar surface area (TPSA) is 45.2 Å². The van der Waals surface area contributed by atoms with E-state index in [1.807, 2.05) is 34.5 Å². The number of thiazole rings is 1. The minimum absolute atomic E-state index is 0. The standard InChI is InChI=1S/C19H24ClN3OS.2ClH/c1-19(2,3)18-22-15(12-25-18)10-17(24)23-8-7-21-11-16(23)13-5-4-6-14(20)9-13;;/h4-6,9,12,16,21H,7-8,10-11H2,1-3H3;2*1H. The van der Waals surface area contributed by atoms with Gasteiger partial charge in [0.05, 0.1) is 23.2 Å². The highest BCUT2D eigenvalue weighted by Crippen LogP contribution is 2.28. The van der Waals surface area contributed by atoms with E-state index in [0.29, 0.717) is 18.0 Å². The molecule has 27 heavy (non-hydrogen) atoms. The van der Waals surface area contributed by atoms with Gasteiger partial charge in [0.15, 0.2) is 0 Å². The Morgan fingerprint density at radius 2 is 2.11 bits per heavy atom. The Labute approximate surface area is 182 Å². The van der Waals surface area contributed by atoms with Gasteiger partial charge in [-0.1, -0.05) is 44.5 Å². The Morgan fingerprint density at radius 1 is 1.37 bits per heavy atom. The molecular formula is C19H26Cl3N3OS. The van der Waals surface area contributed by atoms with Crippen LogP contribution in [0.15, 0.2) is 29.6 Å². The van der Waals surface area contributed by atoms with Gasteiger partial charge in [-0.25, -0.2) is 4.98 Å². The van der Waals surface area contributed by atoms with Crippen LogP contribution < -0.4 is 5.32 Å². The smallest absolute Gasteiger partial charge is 0.229 e. The number of rotatable bonds is 3. The first-order valence-corrected chi connectivity index (χ1v) is 9.81. The maximum atomic E-state index is 12.9. The average molecular weight is 451 g/mol. The predicted octanol–water partition coefficient (Wildman–Crippen LogP) is 4.65. The van der Waals surface area contributed by atoms with E-state index in [1.54, 1.807) is 11.3 Å². The molecule has 1 aliphatic heterocycles. The van der Waals surface area contributed by atoms with E-state index < -0.39 is 0 Å². The van der Waals surface area contributed by atoms with Crippen LogP contribution in [0.3, 0.4) is 0 Å². The SMILES string of the molecule is CC(C)(C)c1nc(CC(=O)N2CCNCC2c2cccc(Cl)c2)cs1.Cl.Cl. The lowest BCUT2D eigenvalue weighted by Gasteiger charge is -2.36. The van der Waals surface area contributed by atoms with Gasteiger partial charge >= 0.3 is 0 Å². The fraction of sp³-hybridized carbons (Fsp3) is 0.474. The van der Waals surface area contributed by atoms with Gasteiger partial charge in [0.1, 0.15) is 0 Å². The lowest BCUT2D eigenvalue weighted by atomic mass is 9.98.